The number of nitrogens with one attached hydrogen (secondary N) is 1. The molecule has 3 rings (SSSR count). The normalized spacial score (nSPS) is 29.4. The first-order valence-electron chi connectivity index (χ1n) is 6.69. The lowest BCUT2D eigenvalue weighted by Crippen LogP contribution is -2.48. The van der Waals surface area contributed by atoms with Gasteiger partial charge in [0.05, 0.1) is 6.33 Å². The third kappa shape index (κ3) is 2.72. The van der Waals surface area contributed by atoms with Crippen molar-refractivity contribution >= 4 is 22.4 Å². The maximum absolute atomic E-state index is 12.5. The van der Waals surface area contributed by atoms with Crippen molar-refractivity contribution in [1.82, 2.24) is 19.2 Å². The molecule has 8 heteroatoms. The Labute approximate surface area is 126 Å². The minimum absolute atomic E-state index is 0. The maximum Gasteiger partial charge on any atom is 0.262 e. The number of hydrogen-bond acceptors (Lipinski definition) is 4. The molecule has 2 aliphatic heterocycles. The van der Waals surface area contributed by atoms with Gasteiger partial charge in [0.1, 0.15) is 0 Å². The minimum Gasteiger partial charge on any atom is -0.339 e. The van der Waals surface area contributed by atoms with Gasteiger partial charge in [0.15, 0.2) is 5.03 Å². The maximum atomic E-state index is 12.5. The summed E-state index contributed by atoms with van der Waals surface area (Å²) in [7, 11) is -0.00866. The molecule has 2 atom stereocenters. The summed E-state index contributed by atoms with van der Waals surface area (Å²) < 4.78 is 28.2. The number of aromatic nitrogens is 2. The number of fused-ring (bicyclic) bond motifs is 2. The van der Waals surface area contributed by atoms with E-state index in [2.05, 4.69) is 10.3 Å². The van der Waals surface area contributed by atoms with Crippen LogP contribution in [0.4, 0.5) is 0 Å². The van der Waals surface area contributed by atoms with Crippen LogP contribution < -0.4 is 5.32 Å². The zero-order chi connectivity index (χ0) is 13.6. The van der Waals surface area contributed by atoms with Crippen molar-refractivity contribution in [3.8, 4) is 0 Å². The van der Waals surface area contributed by atoms with E-state index in [9.17, 15) is 8.42 Å². The van der Waals surface area contributed by atoms with Gasteiger partial charge in [-0.3, -0.25) is 0 Å². The Morgan fingerprint density at radius 1 is 1.35 bits per heavy atom. The SMILES string of the molecule is CN(C1CC2CCC(C1)N2)S(=O)(=O)c1cn(C)cn1.Cl. The van der Waals surface area contributed by atoms with E-state index in [-0.39, 0.29) is 23.5 Å². The van der Waals surface area contributed by atoms with Gasteiger partial charge in [-0.1, -0.05) is 0 Å². The molecule has 1 aromatic heterocycles. The van der Waals surface area contributed by atoms with Crippen LogP contribution in [-0.2, 0) is 17.1 Å². The fourth-order valence-corrected chi connectivity index (χ4v) is 4.53. The molecule has 1 N–H and O–H groups in total. The predicted molar refractivity (Wildman–Crippen MR) is 78.4 cm³/mol. The number of rotatable bonds is 3. The first-order valence-corrected chi connectivity index (χ1v) is 8.13. The summed E-state index contributed by atoms with van der Waals surface area (Å²) in [4.78, 5) is 3.97. The van der Waals surface area contributed by atoms with Crippen LogP contribution in [0.2, 0.25) is 0 Å². The van der Waals surface area contributed by atoms with Gasteiger partial charge in [-0.2, -0.15) is 4.31 Å². The molecule has 0 amide bonds. The zero-order valence-electron chi connectivity index (χ0n) is 11.7. The molecule has 0 spiro atoms. The molecule has 2 aliphatic rings. The number of halogens is 1. The van der Waals surface area contributed by atoms with Crippen LogP contribution in [0.1, 0.15) is 25.7 Å². The van der Waals surface area contributed by atoms with Gasteiger partial charge >= 0.3 is 0 Å². The topological polar surface area (TPSA) is 67.2 Å². The van der Waals surface area contributed by atoms with Gasteiger partial charge in [0.25, 0.3) is 10.0 Å². The largest absolute Gasteiger partial charge is 0.339 e. The molecular weight excluding hydrogens is 300 g/mol. The Kier molecular flexibility index (Phi) is 4.44. The zero-order valence-corrected chi connectivity index (χ0v) is 13.3. The second-order valence-corrected chi connectivity index (χ2v) is 7.61. The van der Waals surface area contributed by atoms with Crippen LogP contribution in [0, 0.1) is 0 Å². The van der Waals surface area contributed by atoms with Crippen molar-refractivity contribution in [2.75, 3.05) is 7.05 Å². The number of hydrogen-bond donors (Lipinski definition) is 1. The molecule has 6 nitrogen and oxygen atoms in total. The van der Waals surface area contributed by atoms with Crippen LogP contribution in [-0.4, -0.2) is 47.4 Å². The standard InChI is InChI=1S/C12H20N4O2S.ClH/c1-15-7-12(13-8-15)19(17,18)16(2)11-5-9-3-4-10(6-11)14-9;/h7-11,14H,3-6H2,1-2H3;1H. The lowest BCUT2D eigenvalue weighted by Gasteiger charge is -2.34. The molecule has 0 radical (unpaired) electrons. The van der Waals surface area contributed by atoms with Gasteiger partial charge in [-0.15, -0.1) is 12.4 Å². The molecule has 2 unspecified atom stereocenters. The molecule has 20 heavy (non-hydrogen) atoms. The molecule has 1 aromatic rings. The van der Waals surface area contributed by atoms with E-state index < -0.39 is 10.0 Å². The van der Waals surface area contributed by atoms with Gasteiger partial charge < -0.3 is 9.88 Å². The van der Waals surface area contributed by atoms with Crippen molar-refractivity contribution in [3.05, 3.63) is 12.5 Å². The number of sulfonamides is 1. The third-order valence-corrected chi connectivity index (χ3v) is 6.08. The van der Waals surface area contributed by atoms with Crippen LogP contribution in [0.3, 0.4) is 0 Å². The fraction of sp³-hybridized carbons (Fsp3) is 0.750. The molecule has 114 valence electrons. The third-order valence-electron chi connectivity index (χ3n) is 4.29. The van der Waals surface area contributed by atoms with Crippen molar-refractivity contribution in [1.29, 1.82) is 0 Å². The van der Waals surface area contributed by atoms with Crippen molar-refractivity contribution in [2.24, 2.45) is 7.05 Å². The van der Waals surface area contributed by atoms with Crippen LogP contribution >= 0.6 is 12.4 Å². The number of piperidine rings is 1. The average molecular weight is 321 g/mol. The monoisotopic (exact) mass is 320 g/mol. The Bertz CT molecular complexity index is 562. The highest BCUT2D eigenvalue weighted by atomic mass is 35.5. The Hall–Kier alpha value is -0.630. The molecule has 2 saturated heterocycles. The number of nitrogens with zero attached hydrogens (tertiary/aromatic N) is 3. The van der Waals surface area contributed by atoms with Gasteiger partial charge in [0, 0.05) is 38.4 Å². The predicted octanol–water partition coefficient (Wildman–Crippen LogP) is 0.745. The van der Waals surface area contributed by atoms with Crippen molar-refractivity contribution in [3.63, 3.8) is 0 Å². The summed E-state index contributed by atoms with van der Waals surface area (Å²) >= 11 is 0. The molecule has 0 aliphatic carbocycles. The van der Waals surface area contributed by atoms with Crippen molar-refractivity contribution in [2.45, 2.75) is 48.8 Å². The molecule has 0 saturated carbocycles. The smallest absolute Gasteiger partial charge is 0.262 e. The second kappa shape index (κ2) is 5.63. The van der Waals surface area contributed by atoms with E-state index in [1.165, 1.54) is 23.5 Å². The summed E-state index contributed by atoms with van der Waals surface area (Å²) in [5.41, 5.74) is 0. The van der Waals surface area contributed by atoms with E-state index in [1.807, 2.05) is 0 Å². The van der Waals surface area contributed by atoms with E-state index >= 15 is 0 Å². The molecule has 2 bridgehead atoms. The molecule has 2 fully saturated rings. The minimum atomic E-state index is -3.46. The summed E-state index contributed by atoms with van der Waals surface area (Å²) in [6, 6.07) is 1.04. The lowest BCUT2D eigenvalue weighted by molar-refractivity contribution is 0.251. The summed E-state index contributed by atoms with van der Waals surface area (Å²) in [6.07, 6.45) is 7.21. The van der Waals surface area contributed by atoms with Gasteiger partial charge in [-0.25, -0.2) is 13.4 Å². The van der Waals surface area contributed by atoms with Crippen LogP contribution in [0.15, 0.2) is 17.6 Å². The van der Waals surface area contributed by atoms with Crippen molar-refractivity contribution < 1.29 is 8.42 Å². The van der Waals surface area contributed by atoms with Gasteiger partial charge in [0.2, 0.25) is 0 Å². The van der Waals surface area contributed by atoms with E-state index in [0.717, 1.165) is 12.8 Å². The average Bonchev–Trinajstić information content (AvgIpc) is 2.95. The van der Waals surface area contributed by atoms with E-state index in [0.29, 0.717) is 12.1 Å². The summed E-state index contributed by atoms with van der Waals surface area (Å²) in [5.74, 6) is 0. The fourth-order valence-electron chi connectivity index (χ4n) is 3.19. The highest BCUT2D eigenvalue weighted by Crippen LogP contribution is 2.31. The molecule has 0 aromatic carbocycles. The molecule has 3 heterocycles. The lowest BCUT2D eigenvalue weighted by atomic mass is 10.0. The Balaban J connectivity index is 0.00000147. The molecular formula is C12H21ClN4O2S. The Morgan fingerprint density at radius 2 is 1.95 bits per heavy atom. The number of aryl methyl sites for hydroxylation is 1. The quantitative estimate of drug-likeness (QED) is 0.892. The van der Waals surface area contributed by atoms with E-state index in [4.69, 9.17) is 0 Å². The highest BCUT2D eigenvalue weighted by Gasteiger charge is 2.39. The first kappa shape index (κ1) is 15.8. The van der Waals surface area contributed by atoms with Crippen LogP contribution in [0.25, 0.3) is 0 Å². The second-order valence-electron chi connectivity index (χ2n) is 5.66. The highest BCUT2D eigenvalue weighted by molar-refractivity contribution is 7.89. The number of imidazole rings is 1. The summed E-state index contributed by atoms with van der Waals surface area (Å²) in [5, 5.41) is 3.67. The Morgan fingerprint density at radius 3 is 2.45 bits per heavy atom. The summed E-state index contributed by atoms with van der Waals surface area (Å²) in [6.45, 7) is 0. The van der Waals surface area contributed by atoms with Gasteiger partial charge in [-0.05, 0) is 25.7 Å². The first-order chi connectivity index (χ1) is 8.96. The van der Waals surface area contributed by atoms with E-state index in [1.54, 1.807) is 24.9 Å². The van der Waals surface area contributed by atoms with Crippen LogP contribution in [0.5, 0.6) is 0 Å².